The van der Waals surface area contributed by atoms with Gasteiger partial charge in [-0.3, -0.25) is 4.79 Å². The van der Waals surface area contributed by atoms with Crippen molar-refractivity contribution in [2.45, 2.75) is 13.3 Å². The topological polar surface area (TPSA) is 71.8 Å². The van der Waals surface area contributed by atoms with Crippen molar-refractivity contribution in [2.75, 3.05) is 32.1 Å². The van der Waals surface area contributed by atoms with Crippen molar-refractivity contribution in [3.8, 4) is 5.75 Å². The summed E-state index contributed by atoms with van der Waals surface area (Å²) in [7, 11) is 1.74. The molecule has 0 aliphatic carbocycles. The number of hydrogen-bond acceptors (Lipinski definition) is 5. The Balaban J connectivity index is 1.46. The monoisotopic (exact) mass is 414 g/mol. The van der Waals surface area contributed by atoms with E-state index in [1.807, 2.05) is 25.1 Å². The molecule has 6 nitrogen and oxygen atoms in total. The summed E-state index contributed by atoms with van der Waals surface area (Å²) in [6, 6.07) is 14.1. The van der Waals surface area contributed by atoms with E-state index in [9.17, 15) is 9.59 Å². The van der Waals surface area contributed by atoms with Crippen LogP contribution in [0, 0.1) is 6.92 Å². The van der Waals surface area contributed by atoms with E-state index in [2.05, 4.69) is 5.32 Å². The molecule has 0 atom stereocenters. The summed E-state index contributed by atoms with van der Waals surface area (Å²) in [5.41, 5.74) is 1.78. The van der Waals surface area contributed by atoms with Gasteiger partial charge in [0.2, 0.25) is 0 Å². The molecule has 0 aliphatic rings. The number of carbonyl (C=O) groups excluding carboxylic acids is 1. The van der Waals surface area contributed by atoms with Gasteiger partial charge in [-0.05, 0) is 49.2 Å². The van der Waals surface area contributed by atoms with Gasteiger partial charge in [-0.15, -0.1) is 0 Å². The van der Waals surface area contributed by atoms with Gasteiger partial charge >= 0.3 is 5.63 Å². The summed E-state index contributed by atoms with van der Waals surface area (Å²) < 4.78 is 10.7. The predicted molar refractivity (Wildman–Crippen MR) is 115 cm³/mol. The van der Waals surface area contributed by atoms with E-state index in [-0.39, 0.29) is 12.5 Å². The Hall–Kier alpha value is -2.99. The largest absolute Gasteiger partial charge is 0.484 e. The van der Waals surface area contributed by atoms with E-state index in [1.54, 1.807) is 36.2 Å². The third kappa shape index (κ3) is 5.51. The van der Waals surface area contributed by atoms with Crippen LogP contribution in [-0.4, -0.2) is 37.6 Å². The lowest BCUT2D eigenvalue weighted by Crippen LogP contribution is -2.33. The number of aryl methyl sites for hydroxylation is 1. The average Bonchev–Trinajstić information content (AvgIpc) is 2.71. The minimum absolute atomic E-state index is 0.0324. The van der Waals surface area contributed by atoms with Gasteiger partial charge in [0.1, 0.15) is 11.3 Å². The van der Waals surface area contributed by atoms with Gasteiger partial charge in [0, 0.05) is 36.6 Å². The number of fused-ring (bicyclic) bond motifs is 1. The fourth-order valence-electron chi connectivity index (χ4n) is 2.88. The van der Waals surface area contributed by atoms with Crippen LogP contribution in [0.5, 0.6) is 5.75 Å². The molecular weight excluding hydrogens is 392 g/mol. The molecule has 152 valence electrons. The van der Waals surface area contributed by atoms with Crippen molar-refractivity contribution < 1.29 is 13.9 Å². The number of nitrogens with one attached hydrogen (secondary N) is 1. The smallest absolute Gasteiger partial charge is 0.338 e. The number of halogens is 1. The highest BCUT2D eigenvalue weighted by Gasteiger charge is 2.10. The molecule has 29 heavy (non-hydrogen) atoms. The van der Waals surface area contributed by atoms with Gasteiger partial charge in [-0.2, -0.15) is 0 Å². The van der Waals surface area contributed by atoms with Crippen molar-refractivity contribution in [3.05, 3.63) is 69.5 Å². The van der Waals surface area contributed by atoms with Crippen LogP contribution in [-0.2, 0) is 4.79 Å². The molecule has 1 N–H and O–H groups in total. The quantitative estimate of drug-likeness (QED) is 0.444. The van der Waals surface area contributed by atoms with E-state index in [4.69, 9.17) is 20.8 Å². The molecule has 0 aliphatic heterocycles. The molecule has 0 radical (unpaired) electrons. The number of anilines is 1. The molecule has 0 saturated heterocycles. The predicted octanol–water partition coefficient (Wildman–Crippen LogP) is 4.09. The average molecular weight is 415 g/mol. The molecule has 2 aromatic carbocycles. The van der Waals surface area contributed by atoms with E-state index < -0.39 is 5.63 Å². The van der Waals surface area contributed by atoms with Gasteiger partial charge in [0.05, 0.1) is 5.69 Å². The highest BCUT2D eigenvalue weighted by molar-refractivity contribution is 6.31. The zero-order valence-corrected chi connectivity index (χ0v) is 17.2. The van der Waals surface area contributed by atoms with Gasteiger partial charge in [-0.1, -0.05) is 23.7 Å². The third-order valence-electron chi connectivity index (χ3n) is 4.55. The van der Waals surface area contributed by atoms with Gasteiger partial charge in [0.25, 0.3) is 5.91 Å². The van der Waals surface area contributed by atoms with E-state index >= 15 is 0 Å². The zero-order valence-electron chi connectivity index (χ0n) is 16.4. The summed E-state index contributed by atoms with van der Waals surface area (Å²) in [5, 5.41) is 4.76. The van der Waals surface area contributed by atoms with Gasteiger partial charge in [-0.25, -0.2) is 4.79 Å². The van der Waals surface area contributed by atoms with Gasteiger partial charge in [0.15, 0.2) is 6.61 Å². The first-order valence-corrected chi connectivity index (χ1v) is 9.71. The molecule has 0 saturated carbocycles. The number of para-hydroxylation sites is 1. The van der Waals surface area contributed by atoms with Crippen LogP contribution >= 0.6 is 11.6 Å². The maximum absolute atomic E-state index is 12.3. The number of benzene rings is 2. The van der Waals surface area contributed by atoms with Crippen molar-refractivity contribution in [1.29, 1.82) is 0 Å². The second kappa shape index (κ2) is 9.47. The number of likely N-dealkylation sites (N-methyl/N-ethyl adjacent to an activating group) is 1. The summed E-state index contributed by atoms with van der Waals surface area (Å²) in [5.74, 6) is 0.508. The Labute approximate surface area is 174 Å². The third-order valence-corrected chi connectivity index (χ3v) is 4.98. The highest BCUT2D eigenvalue weighted by Crippen LogP contribution is 2.22. The first kappa shape index (κ1) is 20.7. The van der Waals surface area contributed by atoms with Crippen LogP contribution in [0.3, 0.4) is 0 Å². The van der Waals surface area contributed by atoms with E-state index in [1.165, 1.54) is 6.07 Å². The number of carbonyl (C=O) groups is 1. The van der Waals surface area contributed by atoms with E-state index in [0.717, 1.165) is 23.1 Å². The standard InChI is InChI=1S/C22H23ClN2O4/c1-15-12-16(8-9-18(15)23)28-14-21(26)25(2)11-5-10-24-19-13-22(27)29-20-7-4-3-6-17(19)20/h3-4,6-9,12-13,24H,5,10-11,14H2,1-2H3. The number of nitrogens with zero attached hydrogens (tertiary/aromatic N) is 1. The maximum atomic E-state index is 12.3. The Bertz CT molecular complexity index is 1060. The van der Waals surface area contributed by atoms with Crippen LogP contribution in [0.15, 0.2) is 57.7 Å². The molecule has 1 aromatic heterocycles. The number of amides is 1. The Kier molecular flexibility index (Phi) is 6.77. The Morgan fingerprint density at radius 3 is 2.79 bits per heavy atom. The lowest BCUT2D eigenvalue weighted by Gasteiger charge is -2.18. The minimum atomic E-state index is -0.395. The van der Waals surface area contributed by atoms with Crippen LogP contribution in [0.4, 0.5) is 5.69 Å². The summed E-state index contributed by atoms with van der Waals surface area (Å²) >= 11 is 5.99. The maximum Gasteiger partial charge on any atom is 0.338 e. The van der Waals surface area contributed by atoms with Crippen LogP contribution < -0.4 is 15.7 Å². The van der Waals surface area contributed by atoms with Crippen LogP contribution in [0.2, 0.25) is 5.02 Å². The molecule has 0 bridgehead atoms. The van der Waals surface area contributed by atoms with Crippen molar-refractivity contribution >= 4 is 34.2 Å². The second-order valence-corrected chi connectivity index (χ2v) is 7.18. The van der Waals surface area contributed by atoms with Crippen LogP contribution in [0.25, 0.3) is 11.0 Å². The minimum Gasteiger partial charge on any atom is -0.484 e. The fraction of sp³-hybridized carbons (Fsp3) is 0.273. The number of rotatable bonds is 8. The van der Waals surface area contributed by atoms with E-state index in [0.29, 0.717) is 29.4 Å². The first-order valence-electron chi connectivity index (χ1n) is 9.34. The Morgan fingerprint density at radius 1 is 1.21 bits per heavy atom. The fourth-order valence-corrected chi connectivity index (χ4v) is 3.00. The summed E-state index contributed by atoms with van der Waals surface area (Å²) in [4.78, 5) is 25.6. The molecule has 3 aromatic rings. The lowest BCUT2D eigenvalue weighted by atomic mass is 10.2. The number of hydrogen-bond donors (Lipinski definition) is 1. The normalized spacial score (nSPS) is 10.7. The second-order valence-electron chi connectivity index (χ2n) is 6.77. The molecule has 0 spiro atoms. The summed E-state index contributed by atoms with van der Waals surface area (Å²) in [6.07, 6.45) is 0.719. The lowest BCUT2D eigenvalue weighted by molar-refractivity contribution is -0.132. The van der Waals surface area contributed by atoms with Gasteiger partial charge < -0.3 is 19.4 Å². The van der Waals surface area contributed by atoms with Crippen LogP contribution in [0.1, 0.15) is 12.0 Å². The molecule has 3 rings (SSSR count). The van der Waals surface area contributed by atoms with Crippen molar-refractivity contribution in [3.63, 3.8) is 0 Å². The summed E-state index contributed by atoms with van der Waals surface area (Å²) in [6.45, 7) is 3.03. The zero-order chi connectivity index (χ0) is 20.8. The van der Waals surface area contributed by atoms with Crippen molar-refractivity contribution in [1.82, 2.24) is 4.90 Å². The SMILES string of the molecule is Cc1cc(OCC(=O)N(C)CCCNc2cc(=O)oc3ccccc23)ccc1Cl. The van der Waals surface area contributed by atoms with Crippen molar-refractivity contribution in [2.24, 2.45) is 0 Å². The number of ether oxygens (including phenoxy) is 1. The molecule has 1 amide bonds. The molecule has 7 heteroatoms. The molecule has 1 heterocycles. The molecular formula is C22H23ClN2O4. The molecule has 0 fully saturated rings. The first-order chi connectivity index (χ1) is 13.9. The highest BCUT2D eigenvalue weighted by atomic mass is 35.5. The Morgan fingerprint density at radius 2 is 2.00 bits per heavy atom. The molecule has 0 unspecified atom stereocenters.